The van der Waals surface area contributed by atoms with Gasteiger partial charge in [0.25, 0.3) is 0 Å². The van der Waals surface area contributed by atoms with Gasteiger partial charge in [0, 0.05) is 6.54 Å². The predicted octanol–water partition coefficient (Wildman–Crippen LogP) is 0.698. The van der Waals surface area contributed by atoms with Crippen molar-refractivity contribution in [1.29, 1.82) is 0 Å². The molecule has 0 radical (unpaired) electrons. The molecule has 0 saturated carbocycles. The molecule has 0 aromatic carbocycles. The van der Waals surface area contributed by atoms with Crippen molar-refractivity contribution in [3.63, 3.8) is 0 Å². The van der Waals surface area contributed by atoms with Crippen molar-refractivity contribution >= 4 is 29.5 Å². The molecule has 1 amide bonds. The van der Waals surface area contributed by atoms with Gasteiger partial charge in [0.15, 0.2) is 0 Å². The number of carbonyl (C=O) groups is 2. The van der Waals surface area contributed by atoms with Crippen LogP contribution in [0.2, 0.25) is 0 Å². The molecule has 1 aliphatic rings. The molecule has 1 aliphatic heterocycles. The van der Waals surface area contributed by atoms with Crippen LogP contribution < -0.4 is 0 Å². The van der Waals surface area contributed by atoms with E-state index in [4.69, 9.17) is 5.11 Å². The van der Waals surface area contributed by atoms with Gasteiger partial charge >= 0.3 is 5.97 Å². The topological polar surface area (TPSA) is 57.6 Å². The van der Waals surface area contributed by atoms with Crippen LogP contribution in [0.1, 0.15) is 19.8 Å². The van der Waals surface area contributed by atoms with Crippen molar-refractivity contribution in [2.45, 2.75) is 25.8 Å². The van der Waals surface area contributed by atoms with Crippen LogP contribution in [0.25, 0.3) is 0 Å². The van der Waals surface area contributed by atoms with E-state index < -0.39 is 12.0 Å². The minimum absolute atomic E-state index is 0.176. The van der Waals surface area contributed by atoms with E-state index in [0.29, 0.717) is 13.0 Å². The molecule has 0 spiro atoms. The van der Waals surface area contributed by atoms with Crippen molar-refractivity contribution < 1.29 is 14.7 Å². The fourth-order valence-corrected chi connectivity index (χ4v) is 1.72. The lowest BCUT2D eigenvalue weighted by molar-refractivity contribution is -0.148. The molecule has 5 heteroatoms. The standard InChI is InChI=1S/C9H13NO3S/c1-6(5-14)8(11)10-4-2-3-7(10)9(12)13/h5-7H,2-4H2,1H3,(H,12,13)/t6?,7-/m0/s1. The predicted molar refractivity (Wildman–Crippen MR) is 55.2 cm³/mol. The molecule has 0 aromatic heterocycles. The maximum Gasteiger partial charge on any atom is 0.326 e. The van der Waals surface area contributed by atoms with Crippen molar-refractivity contribution in [2.24, 2.45) is 5.92 Å². The molecule has 0 aromatic rings. The van der Waals surface area contributed by atoms with E-state index in [9.17, 15) is 9.59 Å². The first-order chi connectivity index (χ1) is 6.57. The van der Waals surface area contributed by atoms with E-state index in [1.54, 1.807) is 6.92 Å². The summed E-state index contributed by atoms with van der Waals surface area (Å²) >= 11 is 4.67. The summed E-state index contributed by atoms with van der Waals surface area (Å²) < 4.78 is 0. The Labute approximate surface area is 87.9 Å². The van der Waals surface area contributed by atoms with Gasteiger partial charge in [-0.2, -0.15) is 0 Å². The van der Waals surface area contributed by atoms with E-state index >= 15 is 0 Å². The third-order valence-corrected chi connectivity index (χ3v) is 2.82. The highest BCUT2D eigenvalue weighted by Crippen LogP contribution is 2.19. The van der Waals surface area contributed by atoms with Crippen molar-refractivity contribution in [3.05, 3.63) is 0 Å². The first-order valence-corrected chi connectivity index (χ1v) is 5.03. The van der Waals surface area contributed by atoms with Crippen LogP contribution in [-0.4, -0.2) is 39.8 Å². The number of amides is 1. The van der Waals surface area contributed by atoms with E-state index in [1.165, 1.54) is 10.3 Å². The second kappa shape index (κ2) is 4.50. The molecule has 1 saturated heterocycles. The van der Waals surface area contributed by atoms with Crippen LogP contribution in [0, 0.1) is 5.92 Å². The van der Waals surface area contributed by atoms with E-state index in [1.807, 2.05) is 0 Å². The summed E-state index contributed by atoms with van der Waals surface area (Å²) in [6.45, 7) is 2.22. The third kappa shape index (κ3) is 2.09. The van der Waals surface area contributed by atoms with Gasteiger partial charge in [-0.25, -0.2) is 4.79 Å². The Hall–Kier alpha value is -0.970. The van der Waals surface area contributed by atoms with Crippen LogP contribution in [0.3, 0.4) is 0 Å². The Morgan fingerprint density at radius 1 is 1.64 bits per heavy atom. The average Bonchev–Trinajstić information content (AvgIpc) is 2.63. The summed E-state index contributed by atoms with van der Waals surface area (Å²) in [5.74, 6) is -1.47. The molecule has 1 N–H and O–H groups in total. The highest BCUT2D eigenvalue weighted by atomic mass is 32.1. The molecule has 1 rings (SSSR count). The van der Waals surface area contributed by atoms with Crippen molar-refractivity contribution in [3.8, 4) is 0 Å². The lowest BCUT2D eigenvalue weighted by atomic mass is 10.1. The van der Waals surface area contributed by atoms with Crippen LogP contribution >= 0.6 is 12.2 Å². The second-order valence-corrected chi connectivity index (χ2v) is 3.72. The fourth-order valence-electron chi connectivity index (χ4n) is 1.61. The molecule has 4 nitrogen and oxygen atoms in total. The third-order valence-electron chi connectivity index (χ3n) is 2.41. The smallest absolute Gasteiger partial charge is 0.326 e. The SMILES string of the molecule is CC(C=S)C(=O)N1CCC[C@H]1C(=O)O. The van der Waals surface area contributed by atoms with Crippen molar-refractivity contribution in [2.75, 3.05) is 6.54 Å². The number of carboxylic acid groups (broad SMARTS) is 1. The van der Waals surface area contributed by atoms with Crippen LogP contribution in [0.5, 0.6) is 0 Å². The van der Waals surface area contributed by atoms with Crippen LogP contribution in [0.15, 0.2) is 0 Å². The molecular weight excluding hydrogens is 202 g/mol. The number of hydrogen-bond acceptors (Lipinski definition) is 3. The molecule has 78 valence electrons. The van der Waals surface area contributed by atoms with Crippen molar-refractivity contribution in [1.82, 2.24) is 4.90 Å². The summed E-state index contributed by atoms with van der Waals surface area (Å²) in [7, 11) is 0. The number of likely N-dealkylation sites (tertiary alicyclic amines) is 1. The number of carbonyl (C=O) groups excluding carboxylic acids is 1. The van der Waals surface area contributed by atoms with Gasteiger partial charge in [0.05, 0.1) is 5.92 Å². The van der Waals surface area contributed by atoms with Crippen LogP contribution in [-0.2, 0) is 9.59 Å². The summed E-state index contributed by atoms with van der Waals surface area (Å²) in [6.07, 6.45) is 1.30. The zero-order chi connectivity index (χ0) is 10.7. The molecule has 1 unspecified atom stereocenters. The molecular formula is C9H13NO3S. The van der Waals surface area contributed by atoms with E-state index in [2.05, 4.69) is 12.2 Å². The molecule has 1 fully saturated rings. The first kappa shape index (κ1) is 11.1. The lowest BCUT2D eigenvalue weighted by Gasteiger charge is -2.23. The van der Waals surface area contributed by atoms with Gasteiger partial charge in [0.1, 0.15) is 6.04 Å². The van der Waals surface area contributed by atoms with E-state index in [0.717, 1.165) is 6.42 Å². The highest BCUT2D eigenvalue weighted by Gasteiger charge is 2.35. The maximum absolute atomic E-state index is 11.7. The zero-order valence-electron chi connectivity index (χ0n) is 7.97. The summed E-state index contributed by atoms with van der Waals surface area (Å²) in [5, 5.41) is 10.2. The largest absolute Gasteiger partial charge is 0.480 e. The van der Waals surface area contributed by atoms with Crippen LogP contribution in [0.4, 0.5) is 0 Å². The van der Waals surface area contributed by atoms with Gasteiger partial charge in [-0.05, 0) is 25.1 Å². The number of aliphatic carboxylic acids is 1. The normalized spacial score (nSPS) is 23.2. The Bertz CT molecular complexity index is 267. The number of hydrogen-bond donors (Lipinski definition) is 1. The number of nitrogens with zero attached hydrogens (tertiary/aromatic N) is 1. The highest BCUT2D eigenvalue weighted by molar-refractivity contribution is 7.79. The maximum atomic E-state index is 11.7. The monoisotopic (exact) mass is 215 g/mol. The average molecular weight is 215 g/mol. The Morgan fingerprint density at radius 3 is 2.79 bits per heavy atom. The van der Waals surface area contributed by atoms with Gasteiger partial charge in [-0.1, -0.05) is 12.2 Å². The lowest BCUT2D eigenvalue weighted by Crippen LogP contribution is -2.43. The second-order valence-electron chi connectivity index (χ2n) is 3.45. The molecule has 0 bridgehead atoms. The Balaban J connectivity index is 2.71. The Morgan fingerprint density at radius 2 is 2.29 bits per heavy atom. The number of rotatable bonds is 3. The summed E-state index contributed by atoms with van der Waals surface area (Å²) in [5.41, 5.74) is 0. The van der Waals surface area contributed by atoms with Gasteiger partial charge < -0.3 is 10.0 Å². The molecule has 2 atom stereocenters. The van der Waals surface area contributed by atoms with E-state index in [-0.39, 0.29) is 11.8 Å². The van der Waals surface area contributed by atoms with Gasteiger partial charge in [-0.15, -0.1) is 0 Å². The molecule has 0 aliphatic carbocycles. The summed E-state index contributed by atoms with van der Waals surface area (Å²) in [6, 6.07) is -0.653. The zero-order valence-corrected chi connectivity index (χ0v) is 8.79. The van der Waals surface area contributed by atoms with Gasteiger partial charge in [0.2, 0.25) is 5.91 Å². The fraction of sp³-hybridized carbons (Fsp3) is 0.667. The molecule has 14 heavy (non-hydrogen) atoms. The van der Waals surface area contributed by atoms with Gasteiger partial charge in [-0.3, -0.25) is 4.79 Å². The summed E-state index contributed by atoms with van der Waals surface area (Å²) in [4.78, 5) is 23.9. The quantitative estimate of drug-likeness (QED) is 0.704. The Kier molecular flexibility index (Phi) is 3.57. The minimum Gasteiger partial charge on any atom is -0.480 e. The molecule has 1 heterocycles. The number of carboxylic acids is 1. The minimum atomic E-state index is -0.924. The number of thiocarbonyl (C=S) groups is 1. The first-order valence-electron chi connectivity index (χ1n) is 4.56.